The fourth-order valence-electron chi connectivity index (χ4n) is 3.60. The number of aliphatic imine (C=N–C) groups is 1. The first-order chi connectivity index (χ1) is 16.9. The van der Waals surface area contributed by atoms with Crippen LogP contribution in [-0.2, 0) is 11.4 Å². The number of benzene rings is 3. The number of hydrogen-bond acceptors (Lipinski definition) is 5. The summed E-state index contributed by atoms with van der Waals surface area (Å²) in [6.07, 6.45) is 1.88. The number of hydrogen-bond donors (Lipinski definition) is 0. The van der Waals surface area contributed by atoms with Gasteiger partial charge < -0.3 is 9.47 Å². The number of methoxy groups -OCH3 is 1. The molecule has 5 nitrogen and oxygen atoms in total. The Hall–Kier alpha value is -3.03. The zero-order chi connectivity index (χ0) is 24.9. The van der Waals surface area contributed by atoms with Crippen LogP contribution in [0.2, 0.25) is 0 Å². The van der Waals surface area contributed by atoms with Crippen molar-refractivity contribution in [2.75, 3.05) is 13.7 Å². The molecule has 0 aliphatic carbocycles. The normalized spacial score (nSPS) is 15.8. The lowest BCUT2D eigenvalue weighted by molar-refractivity contribution is -0.122. The molecule has 3 aromatic carbocycles. The van der Waals surface area contributed by atoms with E-state index in [1.54, 1.807) is 12.0 Å². The van der Waals surface area contributed by atoms with Crippen molar-refractivity contribution >= 4 is 50.5 Å². The third-order valence-electron chi connectivity index (χ3n) is 5.58. The van der Waals surface area contributed by atoms with Crippen LogP contribution in [0.4, 0.5) is 5.69 Å². The Bertz CT molecular complexity index is 1300. The average Bonchev–Trinajstić information content (AvgIpc) is 3.14. The minimum atomic E-state index is -0.0453. The van der Waals surface area contributed by atoms with Gasteiger partial charge in [-0.3, -0.25) is 9.69 Å². The summed E-state index contributed by atoms with van der Waals surface area (Å²) in [5, 5.41) is 0.693. The quantitative estimate of drug-likeness (QED) is 0.290. The summed E-state index contributed by atoms with van der Waals surface area (Å²) in [5.41, 5.74) is 5.02. The highest BCUT2D eigenvalue weighted by atomic mass is 79.9. The van der Waals surface area contributed by atoms with E-state index in [-0.39, 0.29) is 5.91 Å². The molecule has 0 saturated carbocycles. The maximum atomic E-state index is 13.1. The molecule has 0 spiro atoms. The highest BCUT2D eigenvalue weighted by Crippen LogP contribution is 2.36. The maximum absolute atomic E-state index is 13.1. The van der Waals surface area contributed by atoms with E-state index in [2.05, 4.69) is 28.1 Å². The third kappa shape index (κ3) is 5.97. The molecule has 0 aromatic heterocycles. The lowest BCUT2D eigenvalue weighted by atomic mass is 10.1. The second-order valence-electron chi connectivity index (χ2n) is 8.17. The SMILES string of the molecule is CCN1C(=O)/C(=C\c2ccc(OCc3ccc(Br)cc3)c(OC)c2)SC1=Nc1cc(C)ccc1C. The van der Waals surface area contributed by atoms with E-state index in [4.69, 9.17) is 14.5 Å². The number of rotatable bonds is 7. The molecule has 0 atom stereocenters. The zero-order valence-corrected chi connectivity index (χ0v) is 22.6. The molecule has 7 heteroatoms. The van der Waals surface area contributed by atoms with Gasteiger partial charge in [0, 0.05) is 11.0 Å². The predicted molar refractivity (Wildman–Crippen MR) is 147 cm³/mol. The van der Waals surface area contributed by atoms with E-state index < -0.39 is 0 Å². The molecule has 0 bridgehead atoms. The molecule has 1 aliphatic heterocycles. The molecular formula is C28H27BrN2O3S. The molecule has 35 heavy (non-hydrogen) atoms. The standard InChI is InChI=1S/C28H27BrN2O3S/c1-5-31-27(32)26(35-28(31)30-23-14-18(2)6-7-19(23)3)16-21-10-13-24(25(15-21)33-4)34-17-20-8-11-22(29)12-9-20/h6-16H,5,17H2,1-4H3/b26-16+,30-28?. The molecule has 3 aromatic rings. The van der Waals surface area contributed by atoms with Crippen molar-refractivity contribution in [2.45, 2.75) is 27.4 Å². The Morgan fingerprint density at radius 3 is 2.51 bits per heavy atom. The molecule has 180 valence electrons. The number of thioether (sulfide) groups is 1. The minimum absolute atomic E-state index is 0.0453. The van der Waals surface area contributed by atoms with Crippen LogP contribution >= 0.6 is 27.7 Å². The molecule has 1 saturated heterocycles. The van der Waals surface area contributed by atoms with Crippen LogP contribution in [0.15, 0.2) is 75.0 Å². The van der Waals surface area contributed by atoms with Crippen molar-refractivity contribution in [2.24, 2.45) is 4.99 Å². The van der Waals surface area contributed by atoms with E-state index in [1.165, 1.54) is 11.8 Å². The Labute approximate surface area is 219 Å². The lowest BCUT2D eigenvalue weighted by Crippen LogP contribution is -2.28. The van der Waals surface area contributed by atoms with Gasteiger partial charge in [-0.15, -0.1) is 0 Å². The van der Waals surface area contributed by atoms with Crippen molar-refractivity contribution in [1.82, 2.24) is 4.90 Å². The summed E-state index contributed by atoms with van der Waals surface area (Å²) in [6.45, 7) is 7.01. The Morgan fingerprint density at radius 2 is 1.80 bits per heavy atom. The van der Waals surface area contributed by atoms with E-state index in [0.717, 1.165) is 32.4 Å². The van der Waals surface area contributed by atoms with Gasteiger partial charge >= 0.3 is 0 Å². The van der Waals surface area contributed by atoms with Crippen LogP contribution in [-0.4, -0.2) is 29.6 Å². The number of halogens is 1. The van der Waals surface area contributed by atoms with Crippen LogP contribution in [0, 0.1) is 13.8 Å². The molecule has 1 heterocycles. The first-order valence-electron chi connectivity index (χ1n) is 11.3. The van der Waals surface area contributed by atoms with Gasteiger partial charge in [-0.2, -0.15) is 0 Å². The predicted octanol–water partition coefficient (Wildman–Crippen LogP) is 7.28. The minimum Gasteiger partial charge on any atom is -0.493 e. The second kappa shape index (κ2) is 11.1. The fraction of sp³-hybridized carbons (Fsp3) is 0.214. The summed E-state index contributed by atoms with van der Waals surface area (Å²) in [6, 6.07) is 19.8. The van der Waals surface area contributed by atoms with Gasteiger partial charge in [-0.25, -0.2) is 4.99 Å². The van der Waals surface area contributed by atoms with Gasteiger partial charge in [0.25, 0.3) is 5.91 Å². The van der Waals surface area contributed by atoms with Crippen molar-refractivity contribution < 1.29 is 14.3 Å². The number of amidine groups is 1. The van der Waals surface area contributed by atoms with Crippen LogP contribution in [0.25, 0.3) is 6.08 Å². The zero-order valence-electron chi connectivity index (χ0n) is 20.2. The number of nitrogens with zero attached hydrogens (tertiary/aromatic N) is 2. The van der Waals surface area contributed by atoms with Crippen molar-refractivity contribution in [3.63, 3.8) is 0 Å². The van der Waals surface area contributed by atoms with E-state index in [1.807, 2.05) is 75.4 Å². The van der Waals surface area contributed by atoms with E-state index in [0.29, 0.717) is 34.7 Å². The second-order valence-corrected chi connectivity index (χ2v) is 10.1. The Kier molecular flexibility index (Phi) is 7.98. The number of carbonyl (C=O) groups is 1. The Morgan fingerprint density at radius 1 is 1.03 bits per heavy atom. The molecule has 4 rings (SSSR count). The summed E-state index contributed by atoms with van der Waals surface area (Å²) in [5.74, 6) is 1.22. The van der Waals surface area contributed by atoms with Crippen molar-refractivity contribution in [3.8, 4) is 11.5 Å². The first-order valence-corrected chi connectivity index (χ1v) is 12.9. The van der Waals surface area contributed by atoms with Crippen LogP contribution in [0.1, 0.15) is 29.2 Å². The highest BCUT2D eigenvalue weighted by molar-refractivity contribution is 9.10. The van der Waals surface area contributed by atoms with Gasteiger partial charge in [0.2, 0.25) is 0 Å². The highest BCUT2D eigenvalue weighted by Gasteiger charge is 2.32. The number of amides is 1. The third-order valence-corrected chi connectivity index (χ3v) is 7.11. The van der Waals surface area contributed by atoms with Gasteiger partial charge in [-0.05, 0) is 91.2 Å². The number of aryl methyl sites for hydroxylation is 2. The summed E-state index contributed by atoms with van der Waals surface area (Å²) in [4.78, 5) is 20.3. The molecule has 0 radical (unpaired) electrons. The summed E-state index contributed by atoms with van der Waals surface area (Å²) in [7, 11) is 1.61. The summed E-state index contributed by atoms with van der Waals surface area (Å²) >= 11 is 4.84. The largest absolute Gasteiger partial charge is 0.493 e. The fourth-order valence-corrected chi connectivity index (χ4v) is 4.92. The molecule has 0 N–H and O–H groups in total. The number of likely N-dealkylation sites (N-methyl/N-ethyl adjacent to an activating group) is 1. The van der Waals surface area contributed by atoms with E-state index in [9.17, 15) is 4.79 Å². The molecule has 1 fully saturated rings. The lowest BCUT2D eigenvalue weighted by Gasteiger charge is -2.13. The topological polar surface area (TPSA) is 51.1 Å². The van der Waals surface area contributed by atoms with Gasteiger partial charge in [0.05, 0.1) is 17.7 Å². The van der Waals surface area contributed by atoms with Gasteiger partial charge in [0.1, 0.15) is 6.61 Å². The Balaban J connectivity index is 1.56. The molecular weight excluding hydrogens is 524 g/mol. The van der Waals surface area contributed by atoms with Gasteiger partial charge in [-0.1, -0.05) is 46.3 Å². The van der Waals surface area contributed by atoms with Gasteiger partial charge in [0.15, 0.2) is 16.7 Å². The molecule has 1 amide bonds. The average molecular weight is 552 g/mol. The van der Waals surface area contributed by atoms with E-state index >= 15 is 0 Å². The van der Waals surface area contributed by atoms with Crippen LogP contribution in [0.5, 0.6) is 11.5 Å². The van der Waals surface area contributed by atoms with Crippen molar-refractivity contribution in [3.05, 3.63) is 92.3 Å². The van der Waals surface area contributed by atoms with Crippen LogP contribution < -0.4 is 9.47 Å². The smallest absolute Gasteiger partial charge is 0.266 e. The molecule has 1 aliphatic rings. The first kappa shape index (κ1) is 25.1. The monoisotopic (exact) mass is 550 g/mol. The van der Waals surface area contributed by atoms with Crippen LogP contribution in [0.3, 0.4) is 0 Å². The van der Waals surface area contributed by atoms with Crippen molar-refractivity contribution in [1.29, 1.82) is 0 Å². The maximum Gasteiger partial charge on any atom is 0.266 e. The molecule has 0 unspecified atom stereocenters. The summed E-state index contributed by atoms with van der Waals surface area (Å²) < 4.78 is 12.6. The number of ether oxygens (including phenoxy) is 2. The number of carbonyl (C=O) groups excluding carboxylic acids is 1.